The molecule has 156 valence electrons. The van der Waals surface area contributed by atoms with Crippen LogP contribution in [-0.4, -0.2) is 36.7 Å². The van der Waals surface area contributed by atoms with Gasteiger partial charge in [-0.25, -0.2) is 9.87 Å². The van der Waals surface area contributed by atoms with Crippen molar-refractivity contribution in [3.8, 4) is 0 Å². The van der Waals surface area contributed by atoms with Gasteiger partial charge in [-0.05, 0) is 11.8 Å². The van der Waals surface area contributed by atoms with Crippen molar-refractivity contribution in [1.29, 1.82) is 0 Å². The van der Waals surface area contributed by atoms with Crippen molar-refractivity contribution in [2.45, 2.75) is 46.8 Å². The Kier molecular flexibility index (Phi) is 5.30. The lowest BCUT2D eigenvalue weighted by Gasteiger charge is -2.25. The van der Waals surface area contributed by atoms with Crippen LogP contribution in [0.5, 0.6) is 0 Å². The molecule has 1 aliphatic rings. The summed E-state index contributed by atoms with van der Waals surface area (Å²) in [5, 5.41) is 0.170. The first-order valence-corrected chi connectivity index (χ1v) is 11.6. The van der Waals surface area contributed by atoms with E-state index in [1.54, 1.807) is 10.9 Å². The summed E-state index contributed by atoms with van der Waals surface area (Å²) >= 11 is 6.14. The minimum atomic E-state index is -3.83. The van der Waals surface area contributed by atoms with Crippen molar-refractivity contribution in [1.82, 2.24) is 19.5 Å². The summed E-state index contributed by atoms with van der Waals surface area (Å²) in [6.07, 6.45) is 1.59. The van der Waals surface area contributed by atoms with E-state index < -0.39 is 13.2 Å². The van der Waals surface area contributed by atoms with Gasteiger partial charge in [0.1, 0.15) is 11.1 Å². The molecule has 11 heteroatoms. The number of nitrogens with two attached hydrogens (primary N) is 1. The van der Waals surface area contributed by atoms with Gasteiger partial charge in [-0.1, -0.05) is 46.2 Å². The molecule has 1 fully saturated rings. The molecule has 1 saturated carbocycles. The second-order valence-corrected chi connectivity index (χ2v) is 10.5. The van der Waals surface area contributed by atoms with Crippen LogP contribution in [0, 0.1) is 23.2 Å². The van der Waals surface area contributed by atoms with Gasteiger partial charge in [0.25, 0.3) is 0 Å². The Morgan fingerprint density at radius 1 is 1.39 bits per heavy atom. The van der Waals surface area contributed by atoms with E-state index in [2.05, 4.69) is 49.6 Å². The summed E-state index contributed by atoms with van der Waals surface area (Å²) in [6, 6.07) is 0. The molecule has 2 aromatic heterocycles. The summed E-state index contributed by atoms with van der Waals surface area (Å²) in [4.78, 5) is 27.9. The van der Waals surface area contributed by atoms with Gasteiger partial charge in [-0.15, -0.1) is 4.67 Å². The maximum Gasteiger partial charge on any atom is 0.352 e. The first-order chi connectivity index (χ1) is 12.8. The number of nitrogen functional groups attached to an aromatic ring is 1. The molecule has 0 aliphatic heterocycles. The molecular formula is C17H27ClN5O4P. The van der Waals surface area contributed by atoms with Gasteiger partial charge in [0, 0.05) is 18.0 Å². The van der Waals surface area contributed by atoms with Crippen molar-refractivity contribution in [3.05, 3.63) is 11.5 Å². The summed E-state index contributed by atoms with van der Waals surface area (Å²) < 4.78 is 18.6. The molecule has 0 radical (unpaired) electrons. The predicted octanol–water partition coefficient (Wildman–Crippen LogP) is 3.51. The van der Waals surface area contributed by atoms with Crippen LogP contribution in [-0.2, 0) is 20.7 Å². The van der Waals surface area contributed by atoms with E-state index in [9.17, 15) is 9.46 Å². The zero-order valence-electron chi connectivity index (χ0n) is 16.9. The number of halogens is 1. The van der Waals surface area contributed by atoms with E-state index in [0.717, 1.165) is 6.66 Å². The van der Waals surface area contributed by atoms with Crippen LogP contribution in [0.4, 0.5) is 5.95 Å². The summed E-state index contributed by atoms with van der Waals surface area (Å²) in [5.74, 6) is 0.612. The second-order valence-electron chi connectivity index (χ2n) is 8.43. The first-order valence-electron chi connectivity index (χ1n) is 9.15. The van der Waals surface area contributed by atoms with Crippen LogP contribution in [0.25, 0.3) is 11.2 Å². The monoisotopic (exact) mass is 431 g/mol. The van der Waals surface area contributed by atoms with Gasteiger partial charge in [0.05, 0.1) is 12.9 Å². The van der Waals surface area contributed by atoms with Gasteiger partial charge in [0.15, 0.2) is 10.8 Å². The van der Waals surface area contributed by atoms with Crippen molar-refractivity contribution < 1.29 is 19.0 Å². The molecule has 9 nitrogen and oxygen atoms in total. The number of fused-ring (bicyclic) bond motifs is 1. The topological polar surface area (TPSA) is 125 Å². The average Bonchev–Trinajstić information content (AvgIpc) is 2.85. The number of hydrogen-bond acceptors (Lipinski definition) is 7. The standard InChI is InChI=1S/C17H27ClN5O4P/c1-9(2)12-16(5,10(3)4)17(12,26-27-28(6,24)25)7-23-8-20-11-13(18)21-15(19)22-14(11)23/h8-10,12H,7H2,1-6H3,(H,24,25)(H2,19,21,22). The summed E-state index contributed by atoms with van der Waals surface area (Å²) in [7, 11) is -3.83. The van der Waals surface area contributed by atoms with Crippen LogP contribution in [0.15, 0.2) is 6.33 Å². The molecule has 0 amide bonds. The number of nitrogens with zero attached hydrogens (tertiary/aromatic N) is 4. The third-order valence-electron chi connectivity index (χ3n) is 6.01. The van der Waals surface area contributed by atoms with E-state index in [0.29, 0.717) is 17.7 Å². The first kappa shape index (κ1) is 21.5. The summed E-state index contributed by atoms with van der Waals surface area (Å²) in [5.41, 5.74) is 5.52. The molecule has 3 N–H and O–H groups in total. The molecule has 1 aliphatic carbocycles. The molecule has 2 aromatic rings. The Labute approximate surface area is 169 Å². The molecule has 0 spiro atoms. The molecule has 2 heterocycles. The van der Waals surface area contributed by atoms with Crippen LogP contribution in [0.3, 0.4) is 0 Å². The molecule has 4 unspecified atom stereocenters. The van der Waals surface area contributed by atoms with Crippen LogP contribution < -0.4 is 5.73 Å². The highest BCUT2D eigenvalue weighted by Crippen LogP contribution is 2.72. The van der Waals surface area contributed by atoms with Crippen LogP contribution in [0.1, 0.15) is 34.6 Å². The zero-order valence-corrected chi connectivity index (χ0v) is 18.5. The third-order valence-corrected chi connectivity index (χ3v) is 6.63. The highest BCUT2D eigenvalue weighted by molar-refractivity contribution is 7.51. The third kappa shape index (κ3) is 3.33. The van der Waals surface area contributed by atoms with Crippen molar-refractivity contribution in [2.75, 3.05) is 12.4 Å². The fraction of sp³-hybridized carbons (Fsp3) is 0.706. The van der Waals surface area contributed by atoms with Gasteiger partial charge < -0.3 is 15.2 Å². The largest absolute Gasteiger partial charge is 0.368 e. The molecule has 0 bridgehead atoms. The number of hydrogen-bond donors (Lipinski definition) is 2. The van der Waals surface area contributed by atoms with E-state index in [1.165, 1.54) is 0 Å². The maximum absolute atomic E-state index is 11.8. The highest BCUT2D eigenvalue weighted by atomic mass is 35.5. The van der Waals surface area contributed by atoms with E-state index >= 15 is 0 Å². The lowest BCUT2D eigenvalue weighted by molar-refractivity contribution is -0.282. The Hall–Kier alpha value is -1.25. The van der Waals surface area contributed by atoms with Crippen molar-refractivity contribution in [3.63, 3.8) is 0 Å². The normalized spacial score (nSPS) is 29.6. The minimum absolute atomic E-state index is 0.0433. The van der Waals surface area contributed by atoms with Gasteiger partial charge in [0.2, 0.25) is 5.95 Å². The molecule has 3 rings (SSSR count). The van der Waals surface area contributed by atoms with Crippen LogP contribution in [0.2, 0.25) is 5.15 Å². The van der Waals surface area contributed by atoms with Gasteiger partial charge in [-0.3, -0.25) is 4.57 Å². The quantitative estimate of drug-likeness (QED) is 0.295. The van der Waals surface area contributed by atoms with Crippen molar-refractivity contribution >= 4 is 36.3 Å². The van der Waals surface area contributed by atoms with Crippen molar-refractivity contribution in [2.24, 2.45) is 23.2 Å². The molecule has 0 aromatic carbocycles. The van der Waals surface area contributed by atoms with Crippen LogP contribution >= 0.6 is 19.2 Å². The second kappa shape index (κ2) is 6.92. The smallest absolute Gasteiger partial charge is 0.352 e. The van der Waals surface area contributed by atoms with E-state index in [-0.39, 0.29) is 34.3 Å². The molecular weight excluding hydrogens is 405 g/mol. The number of anilines is 1. The Morgan fingerprint density at radius 3 is 2.54 bits per heavy atom. The Morgan fingerprint density at radius 2 is 2.04 bits per heavy atom. The minimum Gasteiger partial charge on any atom is -0.368 e. The lowest BCUT2D eigenvalue weighted by Crippen LogP contribution is -2.31. The SMILES string of the molecule is CC(C)C1C(Cn2cnc3c(Cl)nc(N)nc32)(OOP(C)(=O)O)C1(C)C(C)C. The molecule has 0 saturated heterocycles. The molecule has 4 atom stereocenters. The van der Waals surface area contributed by atoms with E-state index in [1.807, 2.05) is 0 Å². The highest BCUT2D eigenvalue weighted by Gasteiger charge is 2.78. The number of imidazole rings is 1. The van der Waals surface area contributed by atoms with Gasteiger partial charge in [-0.2, -0.15) is 9.97 Å². The number of rotatable bonds is 7. The molecule has 28 heavy (non-hydrogen) atoms. The predicted molar refractivity (Wildman–Crippen MR) is 107 cm³/mol. The average molecular weight is 432 g/mol. The maximum atomic E-state index is 11.8. The van der Waals surface area contributed by atoms with Gasteiger partial charge >= 0.3 is 7.60 Å². The fourth-order valence-corrected chi connectivity index (χ4v) is 5.16. The Balaban J connectivity index is 2.08. The zero-order chi connectivity index (χ0) is 21.1. The fourth-order valence-electron chi connectivity index (χ4n) is 4.67. The summed E-state index contributed by atoms with van der Waals surface area (Å²) in [6.45, 7) is 11.9. The van der Waals surface area contributed by atoms with E-state index in [4.69, 9.17) is 26.9 Å². The lowest BCUT2D eigenvalue weighted by atomic mass is 9.87. The Bertz CT molecular complexity index is 945. The number of aromatic nitrogens is 4.